The normalized spacial score (nSPS) is 11.0. The second kappa shape index (κ2) is 6.39. The van der Waals surface area contributed by atoms with Crippen molar-refractivity contribution in [3.63, 3.8) is 0 Å². The van der Waals surface area contributed by atoms with E-state index < -0.39 is 0 Å². The lowest BCUT2D eigenvalue weighted by atomic mass is 10.1. The molecule has 0 spiro atoms. The van der Waals surface area contributed by atoms with Gasteiger partial charge in [-0.1, -0.05) is 25.0 Å². The van der Waals surface area contributed by atoms with E-state index in [0.29, 0.717) is 11.9 Å². The summed E-state index contributed by atoms with van der Waals surface area (Å²) < 4.78 is 0. The average Bonchev–Trinajstić information content (AvgIpc) is 2.48. The number of aromatic nitrogens is 4. The zero-order chi connectivity index (χ0) is 17.3. The zero-order valence-electron chi connectivity index (χ0n) is 14.4. The minimum atomic E-state index is -0.180. The van der Waals surface area contributed by atoms with Gasteiger partial charge in [0.15, 0.2) is 0 Å². The van der Waals surface area contributed by atoms with Gasteiger partial charge >= 0.3 is 0 Å². The van der Waals surface area contributed by atoms with Crippen LogP contribution in [-0.4, -0.2) is 19.9 Å². The van der Waals surface area contributed by atoms with E-state index in [-0.39, 0.29) is 5.56 Å². The molecule has 0 atom stereocenters. The van der Waals surface area contributed by atoms with Gasteiger partial charge in [-0.25, -0.2) is 15.0 Å². The molecule has 3 aromatic rings. The van der Waals surface area contributed by atoms with E-state index >= 15 is 0 Å². The molecule has 0 unspecified atom stereocenters. The molecule has 0 aliphatic rings. The van der Waals surface area contributed by atoms with E-state index in [9.17, 15) is 4.79 Å². The van der Waals surface area contributed by atoms with Gasteiger partial charge in [0.1, 0.15) is 0 Å². The zero-order valence-corrected chi connectivity index (χ0v) is 14.4. The molecule has 1 aromatic carbocycles. The Morgan fingerprint density at radius 1 is 1.08 bits per heavy atom. The molecule has 0 aliphatic carbocycles. The molecular weight excluding hydrogens is 302 g/mol. The molecule has 124 valence electrons. The molecule has 6 nitrogen and oxygen atoms in total. The lowest BCUT2D eigenvalue weighted by molar-refractivity contribution is 0.869. The summed E-state index contributed by atoms with van der Waals surface area (Å²) in [6.07, 6.45) is 1.69. The predicted octanol–water partition coefficient (Wildman–Crippen LogP) is 3.33. The number of hydrogen-bond acceptors (Lipinski definition) is 5. The molecule has 0 aliphatic heterocycles. The van der Waals surface area contributed by atoms with E-state index in [1.807, 2.05) is 13.8 Å². The molecule has 0 bridgehead atoms. The predicted molar refractivity (Wildman–Crippen MR) is 95.9 cm³/mol. The Balaban J connectivity index is 2.03. The van der Waals surface area contributed by atoms with Crippen molar-refractivity contribution in [1.29, 1.82) is 0 Å². The van der Waals surface area contributed by atoms with E-state index in [0.717, 1.165) is 40.7 Å². The highest BCUT2D eigenvalue weighted by Crippen LogP contribution is 2.23. The van der Waals surface area contributed by atoms with Crippen LogP contribution in [0.5, 0.6) is 0 Å². The first kappa shape index (κ1) is 16.1. The van der Waals surface area contributed by atoms with Crippen LogP contribution in [0.3, 0.4) is 0 Å². The molecule has 0 radical (unpaired) electrons. The maximum absolute atomic E-state index is 11.8. The first-order chi connectivity index (χ1) is 11.5. The number of aromatic amines is 1. The first-order valence-corrected chi connectivity index (χ1v) is 8.09. The highest BCUT2D eigenvalue weighted by atomic mass is 16.1. The molecular formula is C18H21N5O. The van der Waals surface area contributed by atoms with Crippen molar-refractivity contribution < 1.29 is 0 Å². The molecule has 2 N–H and O–H groups in total. The Bertz CT molecular complexity index is 962. The van der Waals surface area contributed by atoms with Crippen LogP contribution in [0, 0.1) is 20.8 Å². The lowest BCUT2D eigenvalue weighted by Gasteiger charge is -2.10. The first-order valence-electron chi connectivity index (χ1n) is 8.09. The second-order valence-corrected chi connectivity index (χ2v) is 6.07. The summed E-state index contributed by atoms with van der Waals surface area (Å²) in [6, 6.07) is 5.71. The summed E-state index contributed by atoms with van der Waals surface area (Å²) in [5, 5.41) is 4.07. The van der Waals surface area contributed by atoms with Crippen LogP contribution in [0.2, 0.25) is 0 Å². The number of benzene rings is 1. The highest BCUT2D eigenvalue weighted by molar-refractivity contribution is 5.85. The smallest absolute Gasteiger partial charge is 0.252 e. The summed E-state index contributed by atoms with van der Waals surface area (Å²) in [5.41, 5.74) is 4.66. The van der Waals surface area contributed by atoms with Gasteiger partial charge in [0.25, 0.3) is 5.56 Å². The van der Waals surface area contributed by atoms with Crippen molar-refractivity contribution in [2.24, 2.45) is 0 Å². The topological polar surface area (TPSA) is 83.6 Å². The second-order valence-electron chi connectivity index (χ2n) is 6.07. The minimum Gasteiger partial charge on any atom is -0.294 e. The van der Waals surface area contributed by atoms with Gasteiger partial charge in [0.05, 0.1) is 11.2 Å². The number of nitrogens with one attached hydrogen (secondary N) is 2. The number of fused-ring (bicyclic) bond motifs is 1. The van der Waals surface area contributed by atoms with Crippen LogP contribution in [0.4, 0.5) is 11.9 Å². The Hall–Kier alpha value is -2.76. The molecule has 24 heavy (non-hydrogen) atoms. The summed E-state index contributed by atoms with van der Waals surface area (Å²) in [6.45, 7) is 8.10. The summed E-state index contributed by atoms with van der Waals surface area (Å²) in [5.74, 6) is 0.804. The number of anilines is 2. The van der Waals surface area contributed by atoms with E-state index in [1.165, 1.54) is 11.6 Å². The van der Waals surface area contributed by atoms with Gasteiger partial charge in [-0.2, -0.15) is 0 Å². The third-order valence-corrected chi connectivity index (χ3v) is 3.86. The fourth-order valence-electron chi connectivity index (χ4n) is 2.85. The van der Waals surface area contributed by atoms with Crippen molar-refractivity contribution in [3.05, 3.63) is 51.1 Å². The van der Waals surface area contributed by atoms with Gasteiger partial charge < -0.3 is 0 Å². The molecule has 6 heteroatoms. The van der Waals surface area contributed by atoms with Crippen LogP contribution in [0.1, 0.15) is 35.9 Å². The highest BCUT2D eigenvalue weighted by Gasteiger charge is 2.09. The SMILES string of the molecule is CCCc1cc(=O)[nH]c(Nc2nc(C)c3cc(C)cc(C)c3n2)n1. The minimum absolute atomic E-state index is 0.180. The summed E-state index contributed by atoms with van der Waals surface area (Å²) in [7, 11) is 0. The molecule has 2 heterocycles. The van der Waals surface area contributed by atoms with Crippen LogP contribution in [0.15, 0.2) is 23.0 Å². The Kier molecular flexibility index (Phi) is 4.29. The maximum Gasteiger partial charge on any atom is 0.252 e. The fraction of sp³-hybridized carbons (Fsp3) is 0.333. The number of hydrogen-bond donors (Lipinski definition) is 2. The molecule has 0 amide bonds. The number of aryl methyl sites for hydroxylation is 4. The largest absolute Gasteiger partial charge is 0.294 e. The lowest BCUT2D eigenvalue weighted by Crippen LogP contribution is -2.13. The summed E-state index contributed by atoms with van der Waals surface area (Å²) in [4.78, 5) is 28.0. The standard InChI is InChI=1S/C18H21N5O/c1-5-6-13-9-15(24)21-18(20-13)23-17-19-12(4)14-8-10(2)7-11(3)16(14)22-17/h7-9H,5-6H2,1-4H3,(H2,19,20,21,22,23,24). The van der Waals surface area contributed by atoms with Crippen molar-refractivity contribution in [2.45, 2.75) is 40.5 Å². The molecule has 0 saturated heterocycles. The summed E-state index contributed by atoms with van der Waals surface area (Å²) >= 11 is 0. The van der Waals surface area contributed by atoms with E-state index in [4.69, 9.17) is 0 Å². The van der Waals surface area contributed by atoms with Gasteiger partial charge in [-0.15, -0.1) is 0 Å². The maximum atomic E-state index is 11.8. The third-order valence-electron chi connectivity index (χ3n) is 3.86. The van der Waals surface area contributed by atoms with Crippen LogP contribution in [0.25, 0.3) is 10.9 Å². The van der Waals surface area contributed by atoms with Gasteiger partial charge in [-0.3, -0.25) is 15.1 Å². The Labute approximate surface area is 140 Å². The van der Waals surface area contributed by atoms with Gasteiger partial charge in [0, 0.05) is 17.1 Å². The molecule has 2 aromatic heterocycles. The Morgan fingerprint density at radius 2 is 1.88 bits per heavy atom. The van der Waals surface area contributed by atoms with Crippen molar-refractivity contribution in [3.8, 4) is 0 Å². The van der Waals surface area contributed by atoms with Crippen molar-refractivity contribution in [1.82, 2.24) is 19.9 Å². The number of H-pyrrole nitrogens is 1. The quantitative estimate of drug-likeness (QED) is 0.769. The van der Waals surface area contributed by atoms with Crippen LogP contribution < -0.4 is 10.9 Å². The molecule has 3 rings (SSSR count). The number of rotatable bonds is 4. The van der Waals surface area contributed by atoms with E-state index in [2.05, 4.69) is 51.2 Å². The van der Waals surface area contributed by atoms with Gasteiger partial charge in [-0.05, 0) is 38.8 Å². The van der Waals surface area contributed by atoms with Crippen LogP contribution >= 0.6 is 0 Å². The Morgan fingerprint density at radius 3 is 2.62 bits per heavy atom. The number of nitrogens with zero attached hydrogens (tertiary/aromatic N) is 3. The van der Waals surface area contributed by atoms with Crippen molar-refractivity contribution in [2.75, 3.05) is 5.32 Å². The van der Waals surface area contributed by atoms with Gasteiger partial charge in [0.2, 0.25) is 11.9 Å². The van der Waals surface area contributed by atoms with Crippen LogP contribution in [-0.2, 0) is 6.42 Å². The molecule has 0 saturated carbocycles. The van der Waals surface area contributed by atoms with Crippen molar-refractivity contribution >= 4 is 22.8 Å². The monoisotopic (exact) mass is 323 g/mol. The average molecular weight is 323 g/mol. The molecule has 0 fully saturated rings. The fourth-order valence-corrected chi connectivity index (χ4v) is 2.85. The van der Waals surface area contributed by atoms with E-state index in [1.54, 1.807) is 0 Å². The third kappa shape index (κ3) is 3.27.